The number of imidazole rings is 1. The number of Topliss-reactive ketones (excluding diaryl/α,β-unsaturated/α-hetero) is 1. The van der Waals surface area contributed by atoms with Gasteiger partial charge in [0.15, 0.2) is 6.04 Å². The van der Waals surface area contributed by atoms with Gasteiger partial charge in [0.1, 0.15) is 11.4 Å². The van der Waals surface area contributed by atoms with Crippen molar-refractivity contribution < 1.29 is 28.7 Å². The van der Waals surface area contributed by atoms with Crippen molar-refractivity contribution in [2.24, 2.45) is 0 Å². The fraction of sp³-hybridized carbons (Fsp3) is 0.592. The molecule has 0 saturated heterocycles. The molecule has 4 rings (SSSR count). The van der Waals surface area contributed by atoms with Gasteiger partial charge in [-0.1, -0.05) is 155 Å². The van der Waals surface area contributed by atoms with E-state index in [0.29, 0.717) is 36.2 Å². The number of methoxy groups -OCH3 is 1. The van der Waals surface area contributed by atoms with Crippen LogP contribution >= 0.6 is 0 Å². The number of esters is 1. The highest BCUT2D eigenvalue weighted by atomic mass is 16.5. The van der Waals surface area contributed by atoms with Gasteiger partial charge < -0.3 is 24.7 Å². The molecule has 0 aliphatic carbocycles. The molecular formula is C49H72N6O6. The first-order valence-electron chi connectivity index (χ1n) is 23.3. The number of carbonyl (C=O) groups excluding carboxylic acids is 4. The van der Waals surface area contributed by atoms with Crippen molar-refractivity contribution in [3.8, 4) is 5.75 Å². The van der Waals surface area contributed by atoms with Crippen molar-refractivity contribution in [2.45, 2.75) is 175 Å². The number of rotatable bonds is 32. The molecule has 0 radical (unpaired) electrons. The Morgan fingerprint density at radius 3 is 1.95 bits per heavy atom. The number of anilines is 2. The molecule has 1 atom stereocenters. The molecule has 0 saturated carbocycles. The molecule has 12 nitrogen and oxygen atoms in total. The number of aryl methyl sites for hydroxylation is 1. The number of amides is 2. The smallest absolute Gasteiger partial charge is 0.374 e. The van der Waals surface area contributed by atoms with E-state index in [1.54, 1.807) is 28.9 Å². The predicted molar refractivity (Wildman–Crippen MR) is 244 cm³/mol. The molecule has 2 aromatic heterocycles. The van der Waals surface area contributed by atoms with Gasteiger partial charge in [-0.2, -0.15) is 5.10 Å². The first kappa shape index (κ1) is 48.7. The Labute approximate surface area is 363 Å². The Kier molecular flexibility index (Phi) is 22.2. The fourth-order valence-corrected chi connectivity index (χ4v) is 7.69. The summed E-state index contributed by atoms with van der Waals surface area (Å²) < 4.78 is 14.2. The van der Waals surface area contributed by atoms with Gasteiger partial charge in [-0.3, -0.25) is 19.1 Å². The summed E-state index contributed by atoms with van der Waals surface area (Å²) >= 11 is 0. The van der Waals surface area contributed by atoms with E-state index in [2.05, 4.69) is 36.4 Å². The first-order valence-corrected chi connectivity index (χ1v) is 23.3. The molecule has 4 aromatic rings. The predicted octanol–water partition coefficient (Wildman–Crippen LogP) is 12.0. The molecule has 334 valence electrons. The van der Waals surface area contributed by atoms with Crippen LogP contribution in [0.1, 0.15) is 189 Å². The summed E-state index contributed by atoms with van der Waals surface area (Å²) in [7, 11) is 1.47. The van der Waals surface area contributed by atoms with Crippen molar-refractivity contribution in [3.63, 3.8) is 0 Å². The van der Waals surface area contributed by atoms with Crippen LogP contribution in [-0.2, 0) is 20.9 Å². The number of hydrogen-bond donors (Lipinski definition) is 2. The Hall–Kier alpha value is -5.00. The van der Waals surface area contributed by atoms with Gasteiger partial charge in [-0.05, 0) is 43.5 Å². The summed E-state index contributed by atoms with van der Waals surface area (Å²) in [6.45, 7) is 7.23. The molecule has 0 aliphatic rings. The normalized spacial score (nSPS) is 11.7. The Balaban J connectivity index is 1.41. The molecule has 0 fully saturated rings. The second-order valence-electron chi connectivity index (χ2n) is 16.2. The molecule has 2 aromatic carbocycles. The summed E-state index contributed by atoms with van der Waals surface area (Å²) in [4.78, 5) is 59.8. The highest BCUT2D eigenvalue weighted by Gasteiger charge is 2.36. The highest BCUT2D eigenvalue weighted by molar-refractivity contribution is 6.19. The SMILES string of the molecule is CCCCCCCCCCCCCCCCCC(=O)Nc1ccc(OC)c(NC(=O)C(C(=O)c2nn(CCCC)c3ccccc23)n2ccnc2C(=O)OCCCCCC)c1. The van der Waals surface area contributed by atoms with E-state index < -0.39 is 23.7 Å². The van der Waals surface area contributed by atoms with Crippen LogP contribution < -0.4 is 15.4 Å². The van der Waals surface area contributed by atoms with E-state index in [-0.39, 0.29) is 29.7 Å². The fourth-order valence-electron chi connectivity index (χ4n) is 7.69. The topological polar surface area (TPSA) is 146 Å². The summed E-state index contributed by atoms with van der Waals surface area (Å²) in [5.74, 6) is -2.07. The maximum Gasteiger partial charge on any atom is 0.374 e. The molecule has 2 amide bonds. The van der Waals surface area contributed by atoms with Crippen molar-refractivity contribution in [1.82, 2.24) is 19.3 Å². The molecular weight excluding hydrogens is 769 g/mol. The number of aromatic nitrogens is 4. The number of nitrogens with zero attached hydrogens (tertiary/aromatic N) is 4. The molecule has 0 bridgehead atoms. The van der Waals surface area contributed by atoms with Crippen LogP contribution in [0.3, 0.4) is 0 Å². The molecule has 2 N–H and O–H groups in total. The quantitative estimate of drug-likeness (QED) is 0.0214. The van der Waals surface area contributed by atoms with Crippen LogP contribution in [0.5, 0.6) is 5.75 Å². The number of nitrogens with one attached hydrogen (secondary N) is 2. The van der Waals surface area contributed by atoms with Crippen LogP contribution in [-0.4, -0.2) is 56.6 Å². The number of benzene rings is 2. The summed E-state index contributed by atoms with van der Waals surface area (Å²) in [6.07, 6.45) is 27.5. The minimum atomic E-state index is -1.59. The van der Waals surface area contributed by atoms with Crippen molar-refractivity contribution in [1.29, 1.82) is 0 Å². The minimum Gasteiger partial charge on any atom is -0.495 e. The van der Waals surface area contributed by atoms with Crippen LogP contribution in [0.15, 0.2) is 54.9 Å². The zero-order valence-corrected chi connectivity index (χ0v) is 37.5. The second kappa shape index (κ2) is 27.8. The van der Waals surface area contributed by atoms with E-state index >= 15 is 0 Å². The van der Waals surface area contributed by atoms with Gasteiger partial charge in [-0.15, -0.1) is 0 Å². The number of ether oxygens (including phenoxy) is 2. The Morgan fingerprint density at radius 1 is 0.705 bits per heavy atom. The van der Waals surface area contributed by atoms with Gasteiger partial charge in [0.2, 0.25) is 17.5 Å². The van der Waals surface area contributed by atoms with Gasteiger partial charge in [-0.25, -0.2) is 9.78 Å². The zero-order chi connectivity index (χ0) is 43.7. The van der Waals surface area contributed by atoms with Gasteiger partial charge in [0.25, 0.3) is 5.91 Å². The summed E-state index contributed by atoms with van der Waals surface area (Å²) in [5, 5.41) is 11.1. The van der Waals surface area contributed by atoms with E-state index in [0.717, 1.165) is 56.9 Å². The third-order valence-corrected chi connectivity index (χ3v) is 11.2. The van der Waals surface area contributed by atoms with Crippen LogP contribution in [0.25, 0.3) is 10.9 Å². The van der Waals surface area contributed by atoms with Gasteiger partial charge >= 0.3 is 5.97 Å². The van der Waals surface area contributed by atoms with Gasteiger partial charge in [0, 0.05) is 36.4 Å². The van der Waals surface area contributed by atoms with Crippen LogP contribution in [0, 0.1) is 0 Å². The molecule has 2 heterocycles. The summed E-state index contributed by atoms with van der Waals surface area (Å²) in [5.41, 5.74) is 1.59. The van der Waals surface area contributed by atoms with Crippen LogP contribution in [0.4, 0.5) is 11.4 Å². The number of ketones is 1. The number of fused-ring (bicyclic) bond motifs is 1. The largest absolute Gasteiger partial charge is 0.495 e. The standard InChI is InChI=1S/C49H72N6O6/c1-5-8-11-13-14-15-16-17-18-19-20-21-22-23-24-30-43(56)51-38-31-32-42(60-4)40(37-38)52-48(58)45(54-35-33-50-47(54)49(59)61-36-27-12-9-6-2)46(57)44-39-28-25-26-29-41(39)55(53-44)34-10-7-3/h25-26,28-29,31-33,35,37,45H,5-24,27,30,34,36H2,1-4H3,(H,51,56)(H,52,58). The lowest BCUT2D eigenvalue weighted by molar-refractivity contribution is -0.118. The molecule has 1 unspecified atom stereocenters. The lowest BCUT2D eigenvalue weighted by Crippen LogP contribution is -2.35. The number of unbranched alkanes of at least 4 members (excludes halogenated alkanes) is 18. The molecule has 12 heteroatoms. The number of para-hydroxylation sites is 1. The third kappa shape index (κ3) is 15.8. The molecule has 0 spiro atoms. The zero-order valence-electron chi connectivity index (χ0n) is 37.5. The average molecular weight is 841 g/mol. The second-order valence-corrected chi connectivity index (χ2v) is 16.2. The Bertz CT molecular complexity index is 1940. The highest BCUT2D eigenvalue weighted by Crippen LogP contribution is 2.31. The Morgan fingerprint density at radius 2 is 1.31 bits per heavy atom. The maximum atomic E-state index is 14.7. The van der Waals surface area contributed by atoms with E-state index in [9.17, 15) is 19.2 Å². The van der Waals surface area contributed by atoms with Crippen molar-refractivity contribution >= 4 is 45.8 Å². The van der Waals surface area contributed by atoms with E-state index in [1.165, 1.54) is 101 Å². The van der Waals surface area contributed by atoms with Gasteiger partial charge in [0.05, 0.1) is 24.9 Å². The lowest BCUT2D eigenvalue weighted by atomic mass is 10.0. The molecule has 61 heavy (non-hydrogen) atoms. The molecule has 0 aliphatic heterocycles. The first-order chi connectivity index (χ1) is 29.8. The van der Waals surface area contributed by atoms with Crippen molar-refractivity contribution in [3.05, 3.63) is 66.4 Å². The number of hydrogen-bond acceptors (Lipinski definition) is 8. The lowest BCUT2D eigenvalue weighted by Gasteiger charge is -2.20. The minimum absolute atomic E-state index is 0.103. The average Bonchev–Trinajstić information content (AvgIpc) is 3.90. The maximum absolute atomic E-state index is 14.7. The number of carbonyl (C=O) groups is 4. The summed E-state index contributed by atoms with van der Waals surface area (Å²) in [6, 6.07) is 10.8. The van der Waals surface area contributed by atoms with E-state index in [1.807, 2.05) is 18.2 Å². The monoisotopic (exact) mass is 841 g/mol. The van der Waals surface area contributed by atoms with Crippen molar-refractivity contribution in [2.75, 3.05) is 24.4 Å². The van der Waals surface area contributed by atoms with Crippen LogP contribution in [0.2, 0.25) is 0 Å². The third-order valence-electron chi connectivity index (χ3n) is 11.2. The van der Waals surface area contributed by atoms with E-state index in [4.69, 9.17) is 14.6 Å².